The van der Waals surface area contributed by atoms with E-state index in [-0.39, 0.29) is 0 Å². The molecule has 0 saturated carbocycles. The lowest BCUT2D eigenvalue weighted by Crippen LogP contribution is -2.01. The summed E-state index contributed by atoms with van der Waals surface area (Å²) in [5.74, 6) is 0. The molecule has 0 aromatic rings. The third-order valence-electron chi connectivity index (χ3n) is 0.507. The van der Waals surface area contributed by atoms with E-state index in [0.29, 0.717) is 18.9 Å². The Hall–Kier alpha value is -0.0800. The van der Waals surface area contributed by atoms with Gasteiger partial charge < -0.3 is 10.5 Å². The molecule has 0 aliphatic carbocycles. The molecule has 0 heterocycles. The number of methoxy groups -OCH3 is 1. The third kappa shape index (κ3) is 3.92. The minimum atomic E-state index is 0.452. The van der Waals surface area contributed by atoms with Crippen LogP contribution < -0.4 is 5.72 Å². The molecule has 0 aromatic carbocycles. The molecule has 0 aliphatic heterocycles. The molecule has 0 fully saturated rings. The van der Waals surface area contributed by atoms with E-state index in [0.717, 1.165) is 6.42 Å². The Morgan fingerprint density at radius 1 is 2.00 bits per heavy atom. The molecule has 0 atom stereocenters. The first-order valence-electron chi connectivity index (χ1n) is 2.91. The van der Waals surface area contributed by atoms with Crippen molar-refractivity contribution in [3.05, 3.63) is 0 Å². The maximum absolute atomic E-state index is 6.60. The van der Waals surface area contributed by atoms with Gasteiger partial charge in [0.15, 0.2) is 0 Å². The van der Waals surface area contributed by atoms with Gasteiger partial charge in [-0.1, -0.05) is 0 Å². The lowest BCUT2D eigenvalue weighted by Gasteiger charge is -1.89. The lowest BCUT2D eigenvalue weighted by molar-refractivity contribution is 0.197. The van der Waals surface area contributed by atoms with Crippen molar-refractivity contribution in [2.24, 2.45) is 5.72 Å². The molecule has 6 heavy (non-hydrogen) atoms. The highest BCUT2D eigenvalue weighted by atomic mass is 16.5. The summed E-state index contributed by atoms with van der Waals surface area (Å²) in [7, 11) is 1.61. The predicted octanol–water partition coefficient (Wildman–Crippen LogP) is -0.0184. The van der Waals surface area contributed by atoms with Crippen molar-refractivity contribution >= 4 is 0 Å². The first-order valence-corrected chi connectivity index (χ1v) is 2.01. The summed E-state index contributed by atoms with van der Waals surface area (Å²) in [4.78, 5) is 0. The minimum absolute atomic E-state index is 0.452. The number of hydrogen-bond acceptors (Lipinski definition) is 2. The first kappa shape index (κ1) is 2.99. The molecule has 0 aliphatic rings. The molecule has 0 bridgehead atoms. The van der Waals surface area contributed by atoms with Crippen molar-refractivity contribution in [1.82, 2.24) is 0 Å². The largest absolute Gasteiger partial charge is 0.385 e. The SMILES string of the molecule is [2H]N([2H])CCCOC. The van der Waals surface area contributed by atoms with Crippen molar-refractivity contribution in [3.8, 4) is 0 Å². The molecule has 0 amide bonds. The van der Waals surface area contributed by atoms with Crippen LogP contribution in [0.5, 0.6) is 0 Å². The fourth-order valence-electron chi connectivity index (χ4n) is 0.209. The van der Waals surface area contributed by atoms with E-state index in [9.17, 15) is 0 Å². The van der Waals surface area contributed by atoms with Gasteiger partial charge in [0.05, 0.1) is 0 Å². The summed E-state index contributed by atoms with van der Waals surface area (Å²) in [6.07, 6.45) is 0.753. The van der Waals surface area contributed by atoms with Crippen LogP contribution in [0.1, 0.15) is 6.42 Å². The fraction of sp³-hybridized carbons (Fsp3) is 1.00. The average Bonchev–Trinajstić information content (AvgIpc) is 1.66. The Morgan fingerprint density at radius 2 is 2.83 bits per heavy atom. The van der Waals surface area contributed by atoms with Crippen molar-refractivity contribution in [3.63, 3.8) is 0 Å². The summed E-state index contributed by atoms with van der Waals surface area (Å²) >= 11 is 0. The van der Waals surface area contributed by atoms with E-state index in [1.807, 2.05) is 0 Å². The van der Waals surface area contributed by atoms with E-state index in [4.69, 9.17) is 7.56 Å². The first-order chi connectivity index (χ1) is 3.77. The van der Waals surface area contributed by atoms with Crippen molar-refractivity contribution in [2.45, 2.75) is 6.42 Å². The minimum Gasteiger partial charge on any atom is -0.385 e. The van der Waals surface area contributed by atoms with Crippen LogP contribution >= 0.6 is 0 Å². The molecule has 2 nitrogen and oxygen atoms in total. The highest BCUT2D eigenvalue weighted by molar-refractivity contribution is 4.31. The smallest absolute Gasteiger partial charge is 0.118 e. The standard InChI is InChI=1S/C4H11NO/c1-6-4-2-3-5/h2-5H2,1H3/i/hD2. The fourth-order valence-corrected chi connectivity index (χ4v) is 0.209. The highest BCUT2D eigenvalue weighted by Gasteiger charge is 1.74. The average molecular weight is 91.2 g/mol. The Labute approximate surface area is 41.2 Å². The molecule has 0 saturated heterocycles. The van der Waals surface area contributed by atoms with Gasteiger partial charge in [0.25, 0.3) is 0 Å². The zero-order valence-corrected chi connectivity index (χ0v) is 3.98. The quantitative estimate of drug-likeness (QED) is 0.493. The molecule has 0 aromatic heterocycles. The molecule has 0 radical (unpaired) electrons. The molecule has 0 rings (SSSR count). The van der Waals surface area contributed by atoms with E-state index in [1.165, 1.54) is 0 Å². The highest BCUT2D eigenvalue weighted by Crippen LogP contribution is 1.70. The number of ether oxygens (including phenoxy) is 1. The van der Waals surface area contributed by atoms with E-state index in [2.05, 4.69) is 0 Å². The summed E-state index contributed by atoms with van der Waals surface area (Å²) < 4.78 is 17.9. The van der Waals surface area contributed by atoms with Crippen LogP contribution in [0.3, 0.4) is 0 Å². The van der Waals surface area contributed by atoms with E-state index in [1.54, 1.807) is 7.11 Å². The molecule has 38 valence electrons. The van der Waals surface area contributed by atoms with Crippen molar-refractivity contribution < 1.29 is 7.56 Å². The third-order valence-corrected chi connectivity index (χ3v) is 0.507. The predicted molar refractivity (Wildman–Crippen MR) is 25.5 cm³/mol. The van der Waals surface area contributed by atoms with Crippen LogP contribution in [0.15, 0.2) is 0 Å². The van der Waals surface area contributed by atoms with Gasteiger partial charge in [-0.05, 0) is 13.0 Å². The normalized spacial score (nSPS) is 14.3. The molecule has 0 spiro atoms. The molecule has 2 N–H and O–H groups in total. The number of hydrogen-bond donors (Lipinski definition) is 1. The van der Waals surface area contributed by atoms with Gasteiger partial charge >= 0.3 is 0 Å². The van der Waals surface area contributed by atoms with Crippen LogP contribution in [-0.2, 0) is 4.74 Å². The van der Waals surface area contributed by atoms with Gasteiger partial charge in [0.2, 0.25) is 0 Å². The van der Waals surface area contributed by atoms with Crippen LogP contribution in [0.25, 0.3) is 0 Å². The van der Waals surface area contributed by atoms with Crippen LogP contribution in [0.4, 0.5) is 0 Å². The van der Waals surface area contributed by atoms with Gasteiger partial charge in [-0.15, -0.1) is 0 Å². The van der Waals surface area contributed by atoms with Crippen LogP contribution in [0.2, 0.25) is 2.82 Å². The van der Waals surface area contributed by atoms with Gasteiger partial charge in [-0.25, -0.2) is 0 Å². The molecule has 0 unspecified atom stereocenters. The Balaban J connectivity index is 2.72. The monoisotopic (exact) mass is 91.1 g/mol. The topological polar surface area (TPSA) is 35.2 Å². The van der Waals surface area contributed by atoms with Gasteiger partial charge in [0.1, 0.15) is 2.82 Å². The lowest BCUT2D eigenvalue weighted by atomic mass is 10.5. The van der Waals surface area contributed by atoms with Crippen LogP contribution in [-0.4, -0.2) is 20.3 Å². The second kappa shape index (κ2) is 4.92. The summed E-state index contributed by atoms with van der Waals surface area (Å²) in [5.41, 5.74) is 0.652. The maximum Gasteiger partial charge on any atom is 0.118 e. The number of nitrogens with two attached hydrogens (primary N) is 1. The maximum atomic E-state index is 6.60. The molecule has 2 heteroatoms. The van der Waals surface area contributed by atoms with Gasteiger partial charge in [-0.3, -0.25) is 0 Å². The number of rotatable bonds is 4. The summed E-state index contributed by atoms with van der Waals surface area (Å²) in [6, 6.07) is 0. The second-order valence-electron chi connectivity index (χ2n) is 1.07. The van der Waals surface area contributed by atoms with Crippen LogP contribution in [0, 0.1) is 0 Å². The second-order valence-corrected chi connectivity index (χ2v) is 1.07. The zero-order valence-electron chi connectivity index (χ0n) is 5.98. The Kier molecular flexibility index (Phi) is 2.45. The van der Waals surface area contributed by atoms with Crippen molar-refractivity contribution in [2.75, 3.05) is 20.3 Å². The Bertz CT molecular complexity index is 51.3. The zero-order chi connectivity index (χ0) is 6.41. The van der Waals surface area contributed by atoms with Gasteiger partial charge in [-0.2, -0.15) is 0 Å². The van der Waals surface area contributed by atoms with Crippen molar-refractivity contribution in [1.29, 1.82) is 0 Å². The molecular formula is C4H11NO. The molecular weight excluding hydrogens is 78.0 g/mol. The summed E-state index contributed by atoms with van der Waals surface area (Å²) in [6.45, 7) is 1.09. The van der Waals surface area contributed by atoms with E-state index >= 15 is 0 Å². The summed E-state index contributed by atoms with van der Waals surface area (Å²) in [5, 5.41) is 0. The van der Waals surface area contributed by atoms with E-state index < -0.39 is 0 Å². The van der Waals surface area contributed by atoms with Gasteiger partial charge in [0, 0.05) is 13.7 Å². The Morgan fingerprint density at radius 3 is 3.33 bits per heavy atom.